The number of carboxylic acid groups (broad SMARTS) is 1. The molecule has 0 aromatic rings. The minimum Gasteiger partial charge on any atom is -0.480 e. The molecule has 0 spiro atoms. The van der Waals surface area contributed by atoms with Gasteiger partial charge in [-0.1, -0.05) is 13.8 Å². The first-order valence-electron chi connectivity index (χ1n) is 5.15. The van der Waals surface area contributed by atoms with Crippen molar-refractivity contribution in [3.63, 3.8) is 0 Å². The zero-order valence-electron chi connectivity index (χ0n) is 10.4. The van der Waals surface area contributed by atoms with Gasteiger partial charge in [0.15, 0.2) is 9.84 Å². The molecule has 16 heavy (non-hydrogen) atoms. The van der Waals surface area contributed by atoms with Gasteiger partial charge in [-0.05, 0) is 19.8 Å². The van der Waals surface area contributed by atoms with E-state index in [1.54, 1.807) is 27.7 Å². The van der Waals surface area contributed by atoms with Crippen LogP contribution < -0.4 is 5.32 Å². The lowest BCUT2D eigenvalue weighted by atomic mass is 10.0. The van der Waals surface area contributed by atoms with Gasteiger partial charge in [0, 0.05) is 12.8 Å². The molecule has 0 aliphatic heterocycles. The maximum Gasteiger partial charge on any atom is 0.320 e. The number of carbonyl (C=O) groups is 1. The van der Waals surface area contributed by atoms with Crippen LogP contribution in [0.5, 0.6) is 0 Å². The van der Waals surface area contributed by atoms with Gasteiger partial charge in [-0.3, -0.25) is 4.79 Å². The van der Waals surface area contributed by atoms with Crippen molar-refractivity contribution in [2.45, 2.75) is 38.5 Å². The molecule has 0 aromatic carbocycles. The molecule has 0 fully saturated rings. The van der Waals surface area contributed by atoms with Gasteiger partial charge in [0.1, 0.15) is 6.04 Å². The van der Waals surface area contributed by atoms with Gasteiger partial charge in [0.2, 0.25) is 0 Å². The van der Waals surface area contributed by atoms with E-state index >= 15 is 0 Å². The molecule has 0 saturated heterocycles. The van der Waals surface area contributed by atoms with Crippen molar-refractivity contribution in [1.82, 2.24) is 5.32 Å². The summed E-state index contributed by atoms with van der Waals surface area (Å²) in [6, 6.07) is -0.721. The molecule has 0 heterocycles. The summed E-state index contributed by atoms with van der Waals surface area (Å²) in [7, 11) is -3.20. The molecular weight excluding hydrogens is 230 g/mol. The fourth-order valence-electron chi connectivity index (χ4n) is 1.10. The molecule has 96 valence electrons. The molecule has 1 atom stereocenters. The van der Waals surface area contributed by atoms with E-state index in [1.807, 2.05) is 0 Å². The van der Waals surface area contributed by atoms with E-state index in [2.05, 4.69) is 5.32 Å². The molecule has 0 amide bonds. The topological polar surface area (TPSA) is 83.5 Å². The molecule has 0 radical (unpaired) electrons. The zero-order chi connectivity index (χ0) is 13.1. The minimum atomic E-state index is -3.20. The predicted molar refractivity (Wildman–Crippen MR) is 63.2 cm³/mol. The molecule has 0 aliphatic carbocycles. The number of carboxylic acids is 1. The molecule has 5 nitrogen and oxygen atoms in total. The van der Waals surface area contributed by atoms with Crippen LogP contribution in [0.15, 0.2) is 0 Å². The Bertz CT molecular complexity index is 346. The van der Waals surface area contributed by atoms with Gasteiger partial charge >= 0.3 is 5.97 Å². The van der Waals surface area contributed by atoms with Crippen LogP contribution in [0.25, 0.3) is 0 Å². The van der Waals surface area contributed by atoms with E-state index in [0.29, 0.717) is 0 Å². The predicted octanol–water partition coefficient (Wildman–Crippen LogP) is 0.508. The van der Waals surface area contributed by atoms with Crippen molar-refractivity contribution in [3.8, 4) is 0 Å². The summed E-state index contributed by atoms with van der Waals surface area (Å²) in [5, 5.41) is 11.7. The summed E-state index contributed by atoms with van der Waals surface area (Å²) in [5.74, 6) is -1.05. The van der Waals surface area contributed by atoms with E-state index in [0.717, 1.165) is 6.26 Å². The number of nitrogens with one attached hydrogen (secondary N) is 1. The third kappa shape index (κ3) is 4.09. The van der Waals surface area contributed by atoms with Crippen molar-refractivity contribution < 1.29 is 18.3 Å². The number of hydrogen-bond acceptors (Lipinski definition) is 4. The quantitative estimate of drug-likeness (QED) is 0.718. The first kappa shape index (κ1) is 15.4. The van der Waals surface area contributed by atoms with Crippen LogP contribution >= 0.6 is 0 Å². The Hall–Kier alpha value is -0.620. The average Bonchev–Trinajstić information content (AvgIpc) is 1.99. The van der Waals surface area contributed by atoms with Gasteiger partial charge in [-0.2, -0.15) is 0 Å². The Morgan fingerprint density at radius 3 is 2.06 bits per heavy atom. The molecule has 0 aliphatic rings. The Morgan fingerprint density at radius 1 is 1.38 bits per heavy atom. The van der Waals surface area contributed by atoms with Gasteiger partial charge in [-0.25, -0.2) is 8.42 Å². The van der Waals surface area contributed by atoms with Crippen LogP contribution in [-0.4, -0.2) is 43.1 Å². The van der Waals surface area contributed by atoms with E-state index < -0.39 is 26.6 Å². The minimum absolute atomic E-state index is 0.0899. The fraction of sp³-hybridized carbons (Fsp3) is 0.900. The van der Waals surface area contributed by atoms with Crippen LogP contribution in [0.4, 0.5) is 0 Å². The van der Waals surface area contributed by atoms with Crippen molar-refractivity contribution in [3.05, 3.63) is 0 Å². The highest BCUT2D eigenvalue weighted by Gasteiger charge is 2.32. The molecule has 0 rings (SSSR count). The third-order valence-electron chi connectivity index (χ3n) is 2.68. The lowest BCUT2D eigenvalue weighted by molar-refractivity contribution is -0.140. The second-order valence-corrected chi connectivity index (χ2v) is 7.62. The Balaban J connectivity index is 4.61. The Morgan fingerprint density at radius 2 is 1.81 bits per heavy atom. The fourth-order valence-corrected chi connectivity index (χ4v) is 1.44. The third-order valence-corrected chi connectivity index (χ3v) is 4.84. The van der Waals surface area contributed by atoms with Crippen LogP contribution in [0.3, 0.4) is 0 Å². The summed E-state index contributed by atoms with van der Waals surface area (Å²) in [5.41, 5.74) is 0. The van der Waals surface area contributed by atoms with Gasteiger partial charge in [-0.15, -0.1) is 0 Å². The number of rotatable bonds is 6. The molecule has 0 aromatic heterocycles. The number of hydrogen-bond donors (Lipinski definition) is 2. The average molecular weight is 251 g/mol. The van der Waals surface area contributed by atoms with Crippen LogP contribution in [0.2, 0.25) is 0 Å². The summed E-state index contributed by atoms with van der Waals surface area (Å²) in [4.78, 5) is 10.9. The van der Waals surface area contributed by atoms with E-state index in [4.69, 9.17) is 5.11 Å². The lowest BCUT2D eigenvalue weighted by Crippen LogP contribution is -2.49. The largest absolute Gasteiger partial charge is 0.480 e. The highest BCUT2D eigenvalue weighted by molar-refractivity contribution is 7.92. The standard InChI is InChI=1S/C10H21NO4S/c1-7(2)8(9(12)13)11-6-10(3,4)16(5,14)15/h7-8,11H,6H2,1-5H3,(H,12,13). The highest BCUT2D eigenvalue weighted by Crippen LogP contribution is 2.14. The number of aliphatic carboxylic acids is 1. The summed E-state index contributed by atoms with van der Waals surface area (Å²) in [6.45, 7) is 6.84. The summed E-state index contributed by atoms with van der Waals surface area (Å²) in [6.07, 6.45) is 1.15. The van der Waals surface area contributed by atoms with Gasteiger partial charge in [0.05, 0.1) is 4.75 Å². The second-order valence-electron chi connectivity index (χ2n) is 4.97. The highest BCUT2D eigenvalue weighted by atomic mass is 32.2. The maximum atomic E-state index is 11.4. The maximum absolute atomic E-state index is 11.4. The van der Waals surface area contributed by atoms with Crippen LogP contribution in [0, 0.1) is 5.92 Å². The zero-order valence-corrected chi connectivity index (χ0v) is 11.3. The molecular formula is C10H21NO4S. The Kier molecular flexibility index (Phi) is 4.94. The van der Waals surface area contributed by atoms with E-state index in [1.165, 1.54) is 0 Å². The first-order valence-corrected chi connectivity index (χ1v) is 7.04. The van der Waals surface area contributed by atoms with Crippen LogP contribution in [-0.2, 0) is 14.6 Å². The lowest BCUT2D eigenvalue weighted by Gasteiger charge is -2.26. The monoisotopic (exact) mass is 251 g/mol. The van der Waals surface area contributed by atoms with E-state index in [9.17, 15) is 13.2 Å². The molecule has 0 saturated carbocycles. The van der Waals surface area contributed by atoms with Crippen molar-refractivity contribution in [1.29, 1.82) is 0 Å². The van der Waals surface area contributed by atoms with Crippen molar-refractivity contribution in [2.75, 3.05) is 12.8 Å². The molecule has 1 unspecified atom stereocenters. The Labute approximate surface area is 97.2 Å². The SMILES string of the molecule is CC(C)C(NCC(C)(C)S(C)(=O)=O)C(=O)O. The van der Waals surface area contributed by atoms with Crippen molar-refractivity contribution in [2.24, 2.45) is 5.92 Å². The first-order chi connectivity index (χ1) is 6.99. The van der Waals surface area contributed by atoms with Gasteiger partial charge in [0.25, 0.3) is 0 Å². The summed E-state index contributed by atoms with van der Waals surface area (Å²) >= 11 is 0. The molecule has 2 N–H and O–H groups in total. The molecule has 0 bridgehead atoms. The second kappa shape index (κ2) is 5.14. The van der Waals surface area contributed by atoms with E-state index in [-0.39, 0.29) is 12.5 Å². The van der Waals surface area contributed by atoms with Crippen molar-refractivity contribution >= 4 is 15.8 Å². The smallest absolute Gasteiger partial charge is 0.320 e. The molecule has 6 heteroatoms. The van der Waals surface area contributed by atoms with Crippen LogP contribution in [0.1, 0.15) is 27.7 Å². The van der Waals surface area contributed by atoms with Gasteiger partial charge < -0.3 is 10.4 Å². The normalized spacial score (nSPS) is 15.1. The summed E-state index contributed by atoms with van der Waals surface area (Å²) < 4.78 is 21.9. The number of sulfone groups is 1.